The number of hydrogen-bond acceptors (Lipinski definition) is 5. The number of carbonyl (C=O) groups excluding carboxylic acids is 1. The number of methoxy groups -OCH3 is 1. The lowest BCUT2D eigenvalue weighted by Crippen LogP contribution is -2.39. The molecule has 0 bridgehead atoms. The van der Waals surface area contributed by atoms with E-state index in [9.17, 15) is 15.0 Å². The summed E-state index contributed by atoms with van der Waals surface area (Å²) in [5.74, 6) is 0.733. The van der Waals surface area contributed by atoms with Gasteiger partial charge in [0, 0.05) is 12.0 Å². The van der Waals surface area contributed by atoms with Crippen LogP contribution in [0.5, 0.6) is 11.5 Å². The van der Waals surface area contributed by atoms with Crippen LogP contribution in [0.1, 0.15) is 17.5 Å². The van der Waals surface area contributed by atoms with Crippen LogP contribution in [0.2, 0.25) is 0 Å². The molecule has 0 saturated carbocycles. The third kappa shape index (κ3) is 2.37. The summed E-state index contributed by atoms with van der Waals surface area (Å²) in [5, 5.41) is 21.0. The molecule has 2 N–H and O–H groups in total. The van der Waals surface area contributed by atoms with Gasteiger partial charge in [0.2, 0.25) is 0 Å². The molecule has 0 radical (unpaired) electrons. The van der Waals surface area contributed by atoms with E-state index in [2.05, 4.69) is 0 Å². The predicted octanol–water partition coefficient (Wildman–Crippen LogP) is 1.96. The zero-order valence-corrected chi connectivity index (χ0v) is 12.5. The molecule has 0 unspecified atom stereocenters. The molecule has 116 valence electrons. The fourth-order valence-corrected chi connectivity index (χ4v) is 3.03. The van der Waals surface area contributed by atoms with Crippen molar-refractivity contribution in [3.63, 3.8) is 0 Å². The number of carbonyl (C=O) groups is 1. The van der Waals surface area contributed by atoms with E-state index in [0.717, 1.165) is 5.56 Å². The summed E-state index contributed by atoms with van der Waals surface area (Å²) in [5.41, 5.74) is 0.0932. The third-order valence-electron chi connectivity index (χ3n) is 4.17. The molecule has 22 heavy (non-hydrogen) atoms. The maximum absolute atomic E-state index is 11.4. The Labute approximate surface area is 128 Å². The fourth-order valence-electron chi connectivity index (χ4n) is 3.03. The van der Waals surface area contributed by atoms with E-state index in [0.29, 0.717) is 23.5 Å². The Balaban J connectivity index is 1.94. The molecule has 0 spiro atoms. The molecular formula is C17H18O5. The maximum Gasteiger partial charge on any atom is 0.181 e. The van der Waals surface area contributed by atoms with E-state index in [4.69, 9.17) is 9.47 Å². The van der Waals surface area contributed by atoms with Gasteiger partial charge >= 0.3 is 0 Å². The highest BCUT2D eigenvalue weighted by Crippen LogP contribution is 2.42. The molecule has 5 nitrogen and oxygen atoms in total. The van der Waals surface area contributed by atoms with Crippen molar-refractivity contribution in [1.82, 2.24) is 0 Å². The van der Waals surface area contributed by atoms with Gasteiger partial charge in [0.25, 0.3) is 0 Å². The smallest absolute Gasteiger partial charge is 0.181 e. The van der Waals surface area contributed by atoms with E-state index in [-0.39, 0.29) is 24.1 Å². The van der Waals surface area contributed by atoms with E-state index >= 15 is 0 Å². The number of ketones is 1. The number of phenols is 1. The number of aliphatic hydroxyl groups is 1. The molecular weight excluding hydrogens is 284 g/mol. The summed E-state index contributed by atoms with van der Waals surface area (Å²) in [7, 11) is 1.49. The van der Waals surface area contributed by atoms with Gasteiger partial charge in [-0.05, 0) is 42.7 Å². The average Bonchev–Trinajstić information content (AvgIpc) is 2.47. The minimum absolute atomic E-state index is 0.0124. The molecule has 2 aliphatic rings. The number of rotatable bonds is 2. The number of fused-ring (bicyclic) bond motifs is 1. The molecule has 5 heteroatoms. The summed E-state index contributed by atoms with van der Waals surface area (Å²) in [6, 6.07) is 3.29. The quantitative estimate of drug-likeness (QED) is 0.873. The lowest BCUT2D eigenvalue weighted by atomic mass is 9.80. The van der Waals surface area contributed by atoms with Crippen molar-refractivity contribution in [1.29, 1.82) is 0 Å². The van der Waals surface area contributed by atoms with Crippen molar-refractivity contribution in [3.8, 4) is 11.5 Å². The van der Waals surface area contributed by atoms with Crippen molar-refractivity contribution in [2.45, 2.75) is 18.9 Å². The first-order valence-corrected chi connectivity index (χ1v) is 7.10. The summed E-state index contributed by atoms with van der Waals surface area (Å²) in [6.07, 6.45) is 5.09. The van der Waals surface area contributed by atoms with Gasteiger partial charge in [-0.3, -0.25) is 4.79 Å². The second kappa shape index (κ2) is 5.18. The number of aryl methyl sites for hydroxylation is 1. The van der Waals surface area contributed by atoms with Gasteiger partial charge < -0.3 is 19.7 Å². The van der Waals surface area contributed by atoms with E-state index in [1.807, 2.05) is 0 Å². The second-order valence-electron chi connectivity index (χ2n) is 5.78. The van der Waals surface area contributed by atoms with Crippen LogP contribution in [0.15, 0.2) is 36.1 Å². The van der Waals surface area contributed by atoms with E-state index in [1.165, 1.54) is 25.3 Å². The number of ether oxygens (including phenoxy) is 2. The summed E-state index contributed by atoms with van der Waals surface area (Å²) >= 11 is 0. The molecule has 0 aromatic heterocycles. The van der Waals surface area contributed by atoms with Crippen molar-refractivity contribution in [2.24, 2.45) is 5.92 Å². The molecule has 1 aliphatic heterocycles. The van der Waals surface area contributed by atoms with Crippen molar-refractivity contribution >= 4 is 5.78 Å². The van der Waals surface area contributed by atoms with Crippen molar-refractivity contribution in [3.05, 3.63) is 47.2 Å². The van der Waals surface area contributed by atoms with Gasteiger partial charge in [0.05, 0.1) is 7.11 Å². The number of aromatic hydroxyl groups is 1. The number of benzene rings is 1. The Bertz CT molecular complexity index is 665. The van der Waals surface area contributed by atoms with Crippen LogP contribution >= 0.6 is 0 Å². The summed E-state index contributed by atoms with van der Waals surface area (Å²) in [4.78, 5) is 11.4. The van der Waals surface area contributed by atoms with Gasteiger partial charge in [0.1, 0.15) is 18.0 Å². The van der Waals surface area contributed by atoms with Crippen LogP contribution < -0.4 is 4.74 Å². The second-order valence-corrected chi connectivity index (χ2v) is 5.78. The molecule has 1 heterocycles. The lowest BCUT2D eigenvalue weighted by molar-refractivity contribution is -0.112. The minimum Gasteiger partial charge on any atom is -0.504 e. The van der Waals surface area contributed by atoms with Gasteiger partial charge in [-0.2, -0.15) is 0 Å². The monoisotopic (exact) mass is 302 g/mol. The summed E-state index contributed by atoms with van der Waals surface area (Å²) < 4.78 is 10.7. The van der Waals surface area contributed by atoms with Crippen LogP contribution in [0, 0.1) is 12.8 Å². The Morgan fingerprint density at radius 3 is 2.86 bits per heavy atom. The molecule has 2 atom stereocenters. The standard InChI is InChI=1S/C17H18O5/c1-10-5-12(6-14(19)16(10)21-2)17(20)8-11-3-4-13(18)7-15(11)22-9-17/h3-7,11,19-20H,8-9H2,1-2H3/t11-,17+/m1/s1. The first-order valence-electron chi connectivity index (χ1n) is 7.10. The summed E-state index contributed by atoms with van der Waals surface area (Å²) in [6.45, 7) is 1.85. The first kappa shape index (κ1) is 14.7. The molecule has 1 aromatic carbocycles. The van der Waals surface area contributed by atoms with E-state index < -0.39 is 5.60 Å². The SMILES string of the molecule is COc1c(C)cc([C@@]2(O)COC3=CC(=O)C=C[C@@H]3C2)cc1O. The van der Waals surface area contributed by atoms with E-state index in [1.54, 1.807) is 19.1 Å². The zero-order valence-electron chi connectivity index (χ0n) is 12.5. The highest BCUT2D eigenvalue weighted by Gasteiger charge is 2.40. The van der Waals surface area contributed by atoms with Crippen LogP contribution in [0.3, 0.4) is 0 Å². The first-order chi connectivity index (χ1) is 10.4. The third-order valence-corrected chi connectivity index (χ3v) is 4.17. The molecule has 3 rings (SSSR count). The topological polar surface area (TPSA) is 76.0 Å². The normalized spacial score (nSPS) is 27.0. The number of phenolic OH excluding ortho intramolecular Hbond substituents is 1. The average molecular weight is 302 g/mol. The largest absolute Gasteiger partial charge is 0.504 e. The predicted molar refractivity (Wildman–Crippen MR) is 79.6 cm³/mol. The van der Waals surface area contributed by atoms with Crippen LogP contribution in [-0.2, 0) is 15.1 Å². The zero-order chi connectivity index (χ0) is 15.9. The number of allylic oxidation sites excluding steroid dienone is 3. The van der Waals surface area contributed by atoms with Gasteiger partial charge in [0.15, 0.2) is 17.3 Å². The fraction of sp³-hybridized carbons (Fsp3) is 0.353. The molecule has 0 amide bonds. The van der Waals surface area contributed by atoms with Gasteiger partial charge in [-0.25, -0.2) is 0 Å². The lowest BCUT2D eigenvalue weighted by Gasteiger charge is -2.38. The highest BCUT2D eigenvalue weighted by atomic mass is 16.5. The van der Waals surface area contributed by atoms with Crippen molar-refractivity contribution < 1.29 is 24.5 Å². The number of hydrogen-bond donors (Lipinski definition) is 2. The van der Waals surface area contributed by atoms with Crippen molar-refractivity contribution in [2.75, 3.05) is 13.7 Å². The molecule has 1 aliphatic carbocycles. The minimum atomic E-state index is -1.22. The van der Waals surface area contributed by atoms with Crippen LogP contribution in [-0.4, -0.2) is 29.7 Å². The Kier molecular flexibility index (Phi) is 3.45. The van der Waals surface area contributed by atoms with Gasteiger partial charge in [-0.1, -0.05) is 6.08 Å². The maximum atomic E-state index is 11.4. The van der Waals surface area contributed by atoms with Crippen LogP contribution in [0.25, 0.3) is 0 Å². The Morgan fingerprint density at radius 2 is 2.18 bits per heavy atom. The Hall–Kier alpha value is -2.27. The molecule has 1 aromatic rings. The molecule has 1 fully saturated rings. The Morgan fingerprint density at radius 1 is 1.41 bits per heavy atom. The van der Waals surface area contributed by atoms with Gasteiger partial charge in [-0.15, -0.1) is 0 Å². The molecule has 1 saturated heterocycles. The van der Waals surface area contributed by atoms with Crippen LogP contribution in [0.4, 0.5) is 0 Å². The highest BCUT2D eigenvalue weighted by molar-refractivity contribution is 6.00.